The van der Waals surface area contributed by atoms with E-state index in [-0.39, 0.29) is 12.6 Å². The van der Waals surface area contributed by atoms with Crippen molar-refractivity contribution in [2.24, 2.45) is 0 Å². The molecule has 18 heavy (non-hydrogen) atoms. The van der Waals surface area contributed by atoms with E-state index in [0.717, 1.165) is 19.3 Å². The zero-order valence-corrected chi connectivity index (χ0v) is 10.2. The van der Waals surface area contributed by atoms with Crippen LogP contribution in [0.5, 0.6) is 0 Å². The number of aliphatic hydroxyl groups is 1. The molecule has 0 aromatic rings. The maximum atomic E-state index is 11.9. The molecule has 1 saturated heterocycles. The number of piperidine rings is 1. The number of hydrogen-bond acceptors (Lipinski definition) is 2. The van der Waals surface area contributed by atoms with Crippen LogP contribution in [0.15, 0.2) is 0 Å². The van der Waals surface area contributed by atoms with E-state index in [0.29, 0.717) is 13.0 Å². The van der Waals surface area contributed by atoms with Crippen LogP contribution in [0, 0.1) is 0 Å². The van der Waals surface area contributed by atoms with E-state index in [9.17, 15) is 18.0 Å². The van der Waals surface area contributed by atoms with Gasteiger partial charge in [0.15, 0.2) is 0 Å². The Balaban J connectivity index is 2.38. The van der Waals surface area contributed by atoms with Gasteiger partial charge in [-0.3, -0.25) is 0 Å². The number of hydrogen-bond donors (Lipinski definition) is 2. The summed E-state index contributed by atoms with van der Waals surface area (Å²) in [5.41, 5.74) is 0. The first-order chi connectivity index (χ1) is 8.44. The quantitative estimate of drug-likeness (QED) is 0.818. The molecule has 0 aliphatic carbocycles. The summed E-state index contributed by atoms with van der Waals surface area (Å²) in [6.45, 7) is 0.129. The van der Waals surface area contributed by atoms with Crippen molar-refractivity contribution in [1.29, 1.82) is 0 Å². The van der Waals surface area contributed by atoms with E-state index in [4.69, 9.17) is 5.11 Å². The Morgan fingerprint density at radius 1 is 1.39 bits per heavy atom. The molecule has 7 heteroatoms. The fourth-order valence-electron chi connectivity index (χ4n) is 2.13. The summed E-state index contributed by atoms with van der Waals surface area (Å²) in [6, 6.07) is -0.521. The normalized spacial score (nSPS) is 20.9. The van der Waals surface area contributed by atoms with Gasteiger partial charge in [-0.2, -0.15) is 13.2 Å². The number of rotatable bonds is 4. The predicted molar refractivity (Wildman–Crippen MR) is 60.1 cm³/mol. The van der Waals surface area contributed by atoms with Gasteiger partial charge in [0.25, 0.3) is 0 Å². The van der Waals surface area contributed by atoms with Crippen molar-refractivity contribution in [3.8, 4) is 0 Å². The van der Waals surface area contributed by atoms with Crippen LogP contribution in [0.25, 0.3) is 0 Å². The zero-order valence-electron chi connectivity index (χ0n) is 10.2. The average Bonchev–Trinajstić information content (AvgIpc) is 2.28. The second-order valence-corrected chi connectivity index (χ2v) is 4.45. The van der Waals surface area contributed by atoms with Crippen LogP contribution in [0.3, 0.4) is 0 Å². The Morgan fingerprint density at radius 2 is 2.11 bits per heavy atom. The minimum Gasteiger partial charge on any atom is -0.396 e. The Kier molecular flexibility index (Phi) is 5.71. The highest BCUT2D eigenvalue weighted by Crippen LogP contribution is 2.20. The summed E-state index contributed by atoms with van der Waals surface area (Å²) >= 11 is 0. The Labute approximate surface area is 104 Å². The molecule has 1 aliphatic heterocycles. The predicted octanol–water partition coefficient (Wildman–Crippen LogP) is 1.89. The maximum absolute atomic E-state index is 11.9. The highest BCUT2D eigenvalue weighted by atomic mass is 19.4. The van der Waals surface area contributed by atoms with Crippen molar-refractivity contribution in [3.05, 3.63) is 0 Å². The molecule has 2 N–H and O–H groups in total. The number of amides is 2. The molecule has 4 nitrogen and oxygen atoms in total. The van der Waals surface area contributed by atoms with Crippen LogP contribution >= 0.6 is 0 Å². The summed E-state index contributed by atoms with van der Waals surface area (Å²) < 4.78 is 35.8. The van der Waals surface area contributed by atoms with Gasteiger partial charge in [0.2, 0.25) is 0 Å². The minimum atomic E-state index is -4.25. The molecule has 0 aromatic carbocycles. The van der Waals surface area contributed by atoms with E-state index >= 15 is 0 Å². The fraction of sp³-hybridized carbons (Fsp3) is 0.909. The van der Waals surface area contributed by atoms with Crippen molar-refractivity contribution in [2.45, 2.75) is 44.3 Å². The van der Waals surface area contributed by atoms with Crippen molar-refractivity contribution in [2.75, 3.05) is 19.7 Å². The number of carbonyl (C=O) groups is 1. The molecule has 0 saturated carbocycles. The molecule has 0 bridgehead atoms. The zero-order chi connectivity index (χ0) is 13.6. The highest BCUT2D eigenvalue weighted by molar-refractivity contribution is 5.74. The average molecular weight is 268 g/mol. The second-order valence-electron chi connectivity index (χ2n) is 4.45. The SMILES string of the molecule is O=C(NCCC(F)(F)F)N1CCCCC1CCO. The highest BCUT2D eigenvalue weighted by Gasteiger charge is 2.29. The number of likely N-dealkylation sites (tertiary alicyclic amines) is 1. The van der Waals surface area contributed by atoms with Crippen LogP contribution in [0.4, 0.5) is 18.0 Å². The van der Waals surface area contributed by atoms with Crippen LogP contribution in [-0.4, -0.2) is 48.0 Å². The molecule has 1 unspecified atom stereocenters. The van der Waals surface area contributed by atoms with Gasteiger partial charge in [-0.05, 0) is 25.7 Å². The molecule has 1 rings (SSSR count). The number of nitrogens with one attached hydrogen (secondary N) is 1. The molecule has 0 aromatic heterocycles. The van der Waals surface area contributed by atoms with E-state index in [2.05, 4.69) is 5.32 Å². The lowest BCUT2D eigenvalue weighted by atomic mass is 10.0. The van der Waals surface area contributed by atoms with Gasteiger partial charge in [0.05, 0.1) is 6.42 Å². The first-order valence-electron chi connectivity index (χ1n) is 6.16. The number of nitrogens with zero attached hydrogens (tertiary/aromatic N) is 1. The fourth-order valence-corrected chi connectivity index (χ4v) is 2.13. The van der Waals surface area contributed by atoms with Gasteiger partial charge >= 0.3 is 12.2 Å². The van der Waals surface area contributed by atoms with Crippen LogP contribution in [-0.2, 0) is 0 Å². The Hall–Kier alpha value is -0.980. The Bertz CT molecular complexity index is 270. The van der Waals surface area contributed by atoms with Crippen molar-refractivity contribution in [1.82, 2.24) is 10.2 Å². The summed E-state index contributed by atoms with van der Waals surface area (Å²) in [5, 5.41) is 11.2. The van der Waals surface area contributed by atoms with Crippen molar-refractivity contribution >= 4 is 6.03 Å². The number of urea groups is 1. The first kappa shape index (κ1) is 15.1. The second kappa shape index (κ2) is 6.82. The van der Waals surface area contributed by atoms with Gasteiger partial charge < -0.3 is 15.3 Å². The lowest BCUT2D eigenvalue weighted by Crippen LogP contribution is -2.49. The van der Waals surface area contributed by atoms with E-state index in [1.165, 1.54) is 4.90 Å². The van der Waals surface area contributed by atoms with Crippen LogP contribution in [0.2, 0.25) is 0 Å². The lowest BCUT2D eigenvalue weighted by molar-refractivity contribution is -0.133. The lowest BCUT2D eigenvalue weighted by Gasteiger charge is -2.35. The summed E-state index contributed by atoms with van der Waals surface area (Å²) in [5.74, 6) is 0. The minimum absolute atomic E-state index is 0.0169. The molecule has 1 fully saturated rings. The largest absolute Gasteiger partial charge is 0.396 e. The van der Waals surface area contributed by atoms with Crippen molar-refractivity contribution < 1.29 is 23.1 Å². The summed E-state index contributed by atoms with van der Waals surface area (Å²) in [7, 11) is 0. The molecule has 1 heterocycles. The van der Waals surface area contributed by atoms with E-state index < -0.39 is 25.2 Å². The molecule has 1 atom stereocenters. The number of halogens is 3. The standard InChI is InChI=1S/C11H19F3N2O2/c12-11(13,14)5-6-15-10(18)16-7-2-1-3-9(16)4-8-17/h9,17H,1-8H2,(H,15,18). The Morgan fingerprint density at radius 3 is 2.72 bits per heavy atom. The maximum Gasteiger partial charge on any atom is 0.390 e. The molecular weight excluding hydrogens is 249 g/mol. The number of carbonyl (C=O) groups excluding carboxylic acids is 1. The first-order valence-corrected chi connectivity index (χ1v) is 6.16. The number of alkyl halides is 3. The molecule has 106 valence electrons. The molecular formula is C11H19F3N2O2. The van der Waals surface area contributed by atoms with Crippen LogP contribution < -0.4 is 5.32 Å². The number of aliphatic hydroxyl groups excluding tert-OH is 1. The molecule has 2 amide bonds. The van der Waals surface area contributed by atoms with Gasteiger partial charge in [0.1, 0.15) is 0 Å². The van der Waals surface area contributed by atoms with Gasteiger partial charge in [0, 0.05) is 25.7 Å². The third-order valence-corrected chi connectivity index (χ3v) is 3.04. The summed E-state index contributed by atoms with van der Waals surface area (Å²) in [6.07, 6.45) is -2.15. The molecule has 1 aliphatic rings. The van der Waals surface area contributed by atoms with Crippen molar-refractivity contribution in [3.63, 3.8) is 0 Å². The topological polar surface area (TPSA) is 52.6 Å². The smallest absolute Gasteiger partial charge is 0.390 e. The van der Waals surface area contributed by atoms with E-state index in [1.54, 1.807) is 0 Å². The van der Waals surface area contributed by atoms with Gasteiger partial charge in [-0.15, -0.1) is 0 Å². The van der Waals surface area contributed by atoms with E-state index in [1.807, 2.05) is 0 Å². The third kappa shape index (κ3) is 5.12. The third-order valence-electron chi connectivity index (χ3n) is 3.04. The monoisotopic (exact) mass is 268 g/mol. The van der Waals surface area contributed by atoms with Crippen LogP contribution in [0.1, 0.15) is 32.1 Å². The van der Waals surface area contributed by atoms with Gasteiger partial charge in [-0.1, -0.05) is 0 Å². The molecule has 0 spiro atoms. The summed E-state index contributed by atoms with van der Waals surface area (Å²) in [4.78, 5) is 13.3. The molecule has 0 radical (unpaired) electrons. The van der Waals surface area contributed by atoms with Gasteiger partial charge in [-0.25, -0.2) is 4.79 Å².